The third-order valence-corrected chi connectivity index (χ3v) is 7.13. The van der Waals surface area contributed by atoms with Crippen molar-refractivity contribution >= 4 is 22.5 Å². The van der Waals surface area contributed by atoms with E-state index >= 15 is 0 Å². The van der Waals surface area contributed by atoms with Crippen molar-refractivity contribution in [3.05, 3.63) is 65.6 Å². The zero-order chi connectivity index (χ0) is 23.4. The normalized spacial score (nSPS) is 19.2. The number of piperidine rings is 1. The fourth-order valence-corrected chi connectivity index (χ4v) is 5.29. The lowest BCUT2D eigenvalue weighted by Crippen LogP contribution is -2.58. The van der Waals surface area contributed by atoms with Crippen LogP contribution in [0.15, 0.2) is 48.8 Å². The van der Waals surface area contributed by atoms with E-state index in [0.717, 1.165) is 27.7 Å². The number of carbonyl (C=O) groups is 2. The number of nitrogens with one attached hydrogen (secondary N) is 2. The van der Waals surface area contributed by atoms with Crippen molar-refractivity contribution in [2.24, 2.45) is 13.0 Å². The molecule has 34 heavy (non-hydrogen) atoms. The SMILES string of the molecule is Cc1[nH]nc2ccc(C(=O)[C@@H]3C(=O)c4cc(-c5cnn(C)c5)ccc4OC34CCNCC4)cc12. The summed E-state index contributed by atoms with van der Waals surface area (Å²) in [7, 11) is 1.85. The second-order valence-electron chi connectivity index (χ2n) is 9.27. The molecular formula is C26H25N5O3. The van der Waals surface area contributed by atoms with E-state index in [0.29, 0.717) is 42.8 Å². The maximum absolute atomic E-state index is 14.0. The van der Waals surface area contributed by atoms with Gasteiger partial charge in [-0.3, -0.25) is 19.4 Å². The summed E-state index contributed by atoms with van der Waals surface area (Å²) in [6.45, 7) is 3.31. The van der Waals surface area contributed by atoms with E-state index in [1.807, 2.05) is 50.5 Å². The first kappa shape index (κ1) is 20.8. The number of ether oxygens (including phenoxy) is 1. The molecule has 172 valence electrons. The van der Waals surface area contributed by atoms with Gasteiger partial charge in [-0.05, 0) is 55.9 Å². The number of aryl methyl sites for hydroxylation is 2. The molecule has 8 nitrogen and oxygen atoms in total. The largest absolute Gasteiger partial charge is 0.485 e. The molecule has 1 saturated heterocycles. The van der Waals surface area contributed by atoms with Gasteiger partial charge in [-0.2, -0.15) is 10.2 Å². The summed E-state index contributed by atoms with van der Waals surface area (Å²) >= 11 is 0. The quantitative estimate of drug-likeness (QED) is 0.362. The molecule has 1 fully saturated rings. The van der Waals surface area contributed by atoms with Gasteiger partial charge >= 0.3 is 0 Å². The fourth-order valence-electron chi connectivity index (χ4n) is 5.29. The highest BCUT2D eigenvalue weighted by Gasteiger charge is 2.53. The lowest BCUT2D eigenvalue weighted by Gasteiger charge is -2.45. The zero-order valence-electron chi connectivity index (χ0n) is 19.1. The highest BCUT2D eigenvalue weighted by atomic mass is 16.5. The maximum Gasteiger partial charge on any atom is 0.181 e. The molecule has 0 unspecified atom stereocenters. The van der Waals surface area contributed by atoms with Crippen LogP contribution in [-0.2, 0) is 7.05 Å². The van der Waals surface area contributed by atoms with Gasteiger partial charge in [0.25, 0.3) is 0 Å². The molecule has 2 aromatic heterocycles. The minimum absolute atomic E-state index is 0.178. The standard InChI is InChI=1S/C26H25N5O3/c1-15-19-12-17(3-5-21(19)30-29-15)24(32)23-25(33)20-11-16(18-13-28-31(2)14-18)4-6-22(20)34-26(23)7-9-27-10-8-26/h3-6,11-14,23,27H,7-10H2,1-2H3,(H,29,30)/t23-/m1/s1. The number of hydrogen-bond donors (Lipinski definition) is 2. The Morgan fingerprint density at radius 3 is 2.74 bits per heavy atom. The van der Waals surface area contributed by atoms with Crippen LogP contribution >= 0.6 is 0 Å². The number of ketones is 2. The zero-order valence-corrected chi connectivity index (χ0v) is 19.1. The molecule has 0 saturated carbocycles. The van der Waals surface area contributed by atoms with E-state index in [2.05, 4.69) is 20.6 Å². The molecule has 2 aliphatic rings. The Balaban J connectivity index is 1.46. The molecule has 8 heteroatoms. The molecule has 0 amide bonds. The smallest absolute Gasteiger partial charge is 0.181 e. The van der Waals surface area contributed by atoms with Crippen LogP contribution < -0.4 is 10.1 Å². The van der Waals surface area contributed by atoms with Gasteiger partial charge in [0, 0.05) is 48.3 Å². The van der Waals surface area contributed by atoms with E-state index in [1.165, 1.54) is 0 Å². The minimum atomic E-state index is -0.907. The Kier molecular flexibility index (Phi) is 4.67. The minimum Gasteiger partial charge on any atom is -0.485 e. The lowest BCUT2D eigenvalue weighted by atomic mass is 9.70. The Bertz CT molecular complexity index is 1440. The van der Waals surface area contributed by atoms with E-state index in [4.69, 9.17) is 4.74 Å². The van der Waals surface area contributed by atoms with Crippen molar-refractivity contribution in [3.8, 4) is 16.9 Å². The van der Waals surface area contributed by atoms with Gasteiger partial charge in [0.2, 0.25) is 0 Å². The Labute approximate surface area is 196 Å². The first-order valence-corrected chi connectivity index (χ1v) is 11.5. The van der Waals surface area contributed by atoms with Crippen LogP contribution in [0.4, 0.5) is 0 Å². The molecule has 2 aromatic carbocycles. The number of aromatic nitrogens is 4. The average molecular weight is 456 g/mol. The molecule has 1 spiro atoms. The van der Waals surface area contributed by atoms with E-state index in [1.54, 1.807) is 16.9 Å². The van der Waals surface area contributed by atoms with Crippen LogP contribution in [0, 0.1) is 12.8 Å². The Morgan fingerprint density at radius 2 is 1.97 bits per heavy atom. The second kappa shape index (κ2) is 7.63. The number of rotatable bonds is 3. The van der Waals surface area contributed by atoms with Gasteiger partial charge in [0.1, 0.15) is 17.3 Å². The molecule has 6 rings (SSSR count). The predicted octanol–water partition coefficient (Wildman–Crippen LogP) is 3.47. The number of Topliss-reactive ketones (excluding diaryl/α,β-unsaturated/α-hetero) is 2. The molecule has 1 atom stereocenters. The number of aromatic amines is 1. The first-order valence-electron chi connectivity index (χ1n) is 11.5. The number of fused-ring (bicyclic) bond motifs is 2. The van der Waals surface area contributed by atoms with Crippen molar-refractivity contribution < 1.29 is 14.3 Å². The summed E-state index contributed by atoms with van der Waals surface area (Å²) < 4.78 is 8.28. The molecule has 4 heterocycles. The van der Waals surface area contributed by atoms with Gasteiger partial charge in [-0.15, -0.1) is 0 Å². The van der Waals surface area contributed by atoms with Crippen molar-refractivity contribution in [3.63, 3.8) is 0 Å². The monoisotopic (exact) mass is 455 g/mol. The first-order chi connectivity index (χ1) is 16.4. The van der Waals surface area contributed by atoms with E-state index in [-0.39, 0.29) is 11.6 Å². The summed E-state index contributed by atoms with van der Waals surface area (Å²) in [6, 6.07) is 11.0. The van der Waals surface area contributed by atoms with Crippen LogP contribution in [-0.4, -0.2) is 50.2 Å². The average Bonchev–Trinajstić information content (AvgIpc) is 3.44. The van der Waals surface area contributed by atoms with Crippen LogP contribution in [0.3, 0.4) is 0 Å². The van der Waals surface area contributed by atoms with Gasteiger partial charge < -0.3 is 10.1 Å². The van der Waals surface area contributed by atoms with Gasteiger partial charge in [0.05, 0.1) is 17.3 Å². The summed E-state index contributed by atoms with van der Waals surface area (Å²) in [4.78, 5) is 28.0. The lowest BCUT2D eigenvalue weighted by molar-refractivity contribution is -0.0138. The van der Waals surface area contributed by atoms with Gasteiger partial charge in [-0.1, -0.05) is 6.07 Å². The molecule has 0 radical (unpaired) electrons. The van der Waals surface area contributed by atoms with Crippen LogP contribution in [0.5, 0.6) is 5.75 Å². The highest BCUT2D eigenvalue weighted by molar-refractivity contribution is 6.19. The Hall–Kier alpha value is -3.78. The molecular weight excluding hydrogens is 430 g/mol. The predicted molar refractivity (Wildman–Crippen MR) is 127 cm³/mol. The molecule has 0 bridgehead atoms. The van der Waals surface area contributed by atoms with Crippen molar-refractivity contribution in [2.75, 3.05) is 13.1 Å². The highest BCUT2D eigenvalue weighted by Crippen LogP contribution is 2.44. The number of hydrogen-bond acceptors (Lipinski definition) is 6. The van der Waals surface area contributed by atoms with Crippen molar-refractivity contribution in [1.82, 2.24) is 25.3 Å². The second-order valence-corrected chi connectivity index (χ2v) is 9.27. The molecule has 2 N–H and O–H groups in total. The summed E-state index contributed by atoms with van der Waals surface area (Å²) in [5.74, 6) is -0.740. The van der Waals surface area contributed by atoms with Gasteiger partial charge in [-0.25, -0.2) is 0 Å². The topological polar surface area (TPSA) is 102 Å². The third-order valence-electron chi connectivity index (χ3n) is 7.13. The summed E-state index contributed by atoms with van der Waals surface area (Å²) in [5, 5.41) is 15.7. The number of benzene rings is 2. The number of H-pyrrole nitrogens is 1. The number of nitrogens with zero attached hydrogens (tertiary/aromatic N) is 3. The summed E-state index contributed by atoms with van der Waals surface area (Å²) in [6.07, 6.45) is 4.84. The number of carbonyl (C=O) groups excluding carboxylic acids is 2. The molecule has 4 aromatic rings. The molecule has 2 aliphatic heterocycles. The van der Waals surface area contributed by atoms with Gasteiger partial charge in [0.15, 0.2) is 11.6 Å². The van der Waals surface area contributed by atoms with Crippen LogP contribution in [0.2, 0.25) is 0 Å². The fraction of sp³-hybridized carbons (Fsp3) is 0.308. The van der Waals surface area contributed by atoms with E-state index in [9.17, 15) is 9.59 Å². The maximum atomic E-state index is 14.0. The van der Waals surface area contributed by atoms with Crippen molar-refractivity contribution in [2.45, 2.75) is 25.4 Å². The summed E-state index contributed by atoms with van der Waals surface area (Å²) in [5.41, 5.74) is 3.55. The van der Waals surface area contributed by atoms with Crippen molar-refractivity contribution in [1.29, 1.82) is 0 Å². The Morgan fingerprint density at radius 1 is 1.15 bits per heavy atom. The van der Waals surface area contributed by atoms with Crippen LogP contribution in [0.25, 0.3) is 22.0 Å². The van der Waals surface area contributed by atoms with Crippen LogP contribution in [0.1, 0.15) is 39.3 Å². The van der Waals surface area contributed by atoms with E-state index < -0.39 is 11.5 Å². The third kappa shape index (κ3) is 3.17. The molecule has 0 aliphatic carbocycles.